The van der Waals surface area contributed by atoms with Crippen LogP contribution in [-0.4, -0.2) is 36.7 Å². The van der Waals surface area contributed by atoms with Crippen LogP contribution in [0.1, 0.15) is 31.9 Å². The molecule has 0 atom stereocenters. The Morgan fingerprint density at radius 1 is 1.26 bits per heavy atom. The van der Waals surface area contributed by atoms with Gasteiger partial charge >= 0.3 is 0 Å². The smallest absolute Gasteiger partial charge is 0.227 e. The number of nitrogens with zero attached hydrogens (tertiary/aromatic N) is 3. The molecule has 2 heterocycles. The Bertz CT molecular complexity index is 394. The molecule has 1 aliphatic heterocycles. The van der Waals surface area contributed by atoms with E-state index in [0.29, 0.717) is 6.61 Å². The molecule has 106 valence electrons. The van der Waals surface area contributed by atoms with Crippen molar-refractivity contribution in [3.05, 3.63) is 9.26 Å². The fraction of sp³-hybridized carbons (Fsp3) is 0.692. The lowest BCUT2D eigenvalue weighted by Crippen LogP contribution is -2.31. The second-order valence-corrected chi connectivity index (χ2v) is 5.72. The van der Waals surface area contributed by atoms with E-state index in [1.807, 2.05) is 0 Å². The lowest BCUT2D eigenvalue weighted by Gasteiger charge is -2.27. The Morgan fingerprint density at radius 3 is 2.63 bits per heavy atom. The number of piperidine rings is 1. The van der Waals surface area contributed by atoms with Gasteiger partial charge in [0.05, 0.1) is 15.9 Å². The van der Waals surface area contributed by atoms with Gasteiger partial charge in [-0.15, -0.1) is 0 Å². The Hall–Kier alpha value is -0.630. The summed E-state index contributed by atoms with van der Waals surface area (Å²) in [6.45, 7) is 5.57. The SMILES string of the molecule is CCNc1nc(N2CCCCC2)nc(COC)c1I. The van der Waals surface area contributed by atoms with Crippen LogP contribution in [0.25, 0.3) is 0 Å². The van der Waals surface area contributed by atoms with Crippen LogP contribution in [0.2, 0.25) is 0 Å². The summed E-state index contributed by atoms with van der Waals surface area (Å²) in [5.74, 6) is 1.76. The fourth-order valence-electron chi connectivity index (χ4n) is 2.23. The Balaban J connectivity index is 2.30. The fourth-order valence-corrected chi connectivity index (χ4v) is 2.82. The van der Waals surface area contributed by atoms with Gasteiger partial charge in [0.15, 0.2) is 0 Å². The van der Waals surface area contributed by atoms with Gasteiger partial charge in [0.25, 0.3) is 0 Å². The summed E-state index contributed by atoms with van der Waals surface area (Å²) in [6, 6.07) is 0. The predicted octanol–water partition coefficient (Wildman–Crippen LogP) is 2.65. The van der Waals surface area contributed by atoms with Gasteiger partial charge in [-0.3, -0.25) is 0 Å². The summed E-state index contributed by atoms with van der Waals surface area (Å²) < 4.78 is 6.30. The molecule has 6 heteroatoms. The van der Waals surface area contributed by atoms with Gasteiger partial charge in [0, 0.05) is 26.7 Å². The highest BCUT2D eigenvalue weighted by atomic mass is 127. The first-order valence-electron chi connectivity index (χ1n) is 6.80. The molecule has 0 aromatic carbocycles. The van der Waals surface area contributed by atoms with Crippen LogP contribution in [0.4, 0.5) is 11.8 Å². The molecule has 0 bridgehead atoms. The van der Waals surface area contributed by atoms with Crippen molar-refractivity contribution in [3.8, 4) is 0 Å². The normalized spacial score (nSPS) is 15.6. The highest BCUT2D eigenvalue weighted by Crippen LogP contribution is 2.24. The van der Waals surface area contributed by atoms with E-state index in [2.05, 4.69) is 49.7 Å². The highest BCUT2D eigenvalue weighted by molar-refractivity contribution is 14.1. The number of methoxy groups -OCH3 is 1. The van der Waals surface area contributed by atoms with E-state index < -0.39 is 0 Å². The highest BCUT2D eigenvalue weighted by Gasteiger charge is 2.18. The zero-order chi connectivity index (χ0) is 13.7. The maximum atomic E-state index is 5.24. The molecule has 2 rings (SSSR count). The minimum atomic E-state index is 0.528. The molecule has 1 saturated heterocycles. The van der Waals surface area contributed by atoms with Crippen molar-refractivity contribution in [2.45, 2.75) is 32.8 Å². The van der Waals surface area contributed by atoms with Crippen molar-refractivity contribution < 1.29 is 4.74 Å². The van der Waals surface area contributed by atoms with Crippen LogP contribution in [-0.2, 0) is 11.3 Å². The summed E-state index contributed by atoms with van der Waals surface area (Å²) in [6.07, 6.45) is 3.77. The van der Waals surface area contributed by atoms with Gasteiger partial charge < -0.3 is 15.0 Å². The monoisotopic (exact) mass is 376 g/mol. The first kappa shape index (κ1) is 14.8. The number of ether oxygens (including phenoxy) is 1. The Morgan fingerprint density at radius 2 is 2.00 bits per heavy atom. The molecule has 1 aliphatic rings. The average Bonchev–Trinajstić information content (AvgIpc) is 2.44. The van der Waals surface area contributed by atoms with Gasteiger partial charge in [-0.2, -0.15) is 4.98 Å². The van der Waals surface area contributed by atoms with Gasteiger partial charge in [-0.25, -0.2) is 4.98 Å². The van der Waals surface area contributed by atoms with Crippen molar-refractivity contribution in [1.82, 2.24) is 9.97 Å². The minimum absolute atomic E-state index is 0.528. The predicted molar refractivity (Wildman–Crippen MR) is 85.7 cm³/mol. The Labute approximate surface area is 128 Å². The Kier molecular flexibility index (Phi) is 5.62. The quantitative estimate of drug-likeness (QED) is 0.801. The van der Waals surface area contributed by atoms with Gasteiger partial charge in [-0.05, 0) is 48.8 Å². The number of hydrogen-bond donors (Lipinski definition) is 1. The van der Waals surface area contributed by atoms with Crippen molar-refractivity contribution >= 4 is 34.4 Å². The molecule has 1 N–H and O–H groups in total. The van der Waals surface area contributed by atoms with Crippen LogP contribution in [0.3, 0.4) is 0 Å². The molecule has 0 unspecified atom stereocenters. The van der Waals surface area contributed by atoms with E-state index in [0.717, 1.165) is 40.7 Å². The third-order valence-corrected chi connectivity index (χ3v) is 4.31. The number of nitrogens with one attached hydrogen (secondary N) is 1. The van der Waals surface area contributed by atoms with Crippen molar-refractivity contribution in [3.63, 3.8) is 0 Å². The molecule has 1 aromatic heterocycles. The zero-order valence-electron chi connectivity index (χ0n) is 11.6. The minimum Gasteiger partial charge on any atom is -0.378 e. The topological polar surface area (TPSA) is 50.3 Å². The molecule has 0 radical (unpaired) electrons. The second-order valence-electron chi connectivity index (χ2n) is 4.64. The maximum absolute atomic E-state index is 5.24. The van der Waals surface area contributed by atoms with E-state index in [1.165, 1.54) is 19.3 Å². The molecular weight excluding hydrogens is 355 g/mol. The lowest BCUT2D eigenvalue weighted by atomic mass is 10.1. The molecule has 0 aliphatic carbocycles. The van der Waals surface area contributed by atoms with Crippen molar-refractivity contribution in [1.29, 1.82) is 0 Å². The van der Waals surface area contributed by atoms with Crippen LogP contribution >= 0.6 is 22.6 Å². The first-order valence-corrected chi connectivity index (χ1v) is 7.88. The lowest BCUT2D eigenvalue weighted by molar-refractivity contribution is 0.181. The van der Waals surface area contributed by atoms with E-state index in [1.54, 1.807) is 7.11 Å². The number of rotatable bonds is 5. The van der Waals surface area contributed by atoms with E-state index in [9.17, 15) is 0 Å². The van der Waals surface area contributed by atoms with Crippen LogP contribution in [0.15, 0.2) is 0 Å². The zero-order valence-corrected chi connectivity index (χ0v) is 13.7. The molecule has 0 spiro atoms. The summed E-state index contributed by atoms with van der Waals surface area (Å²) in [7, 11) is 1.70. The van der Waals surface area contributed by atoms with E-state index >= 15 is 0 Å². The molecular formula is C13H21IN4O. The average molecular weight is 376 g/mol. The summed E-state index contributed by atoms with van der Waals surface area (Å²) in [5.41, 5.74) is 0.967. The number of anilines is 2. The number of hydrogen-bond acceptors (Lipinski definition) is 5. The van der Waals surface area contributed by atoms with E-state index in [-0.39, 0.29) is 0 Å². The summed E-state index contributed by atoms with van der Waals surface area (Å²) in [4.78, 5) is 11.6. The molecule has 0 saturated carbocycles. The van der Waals surface area contributed by atoms with Crippen LogP contribution in [0.5, 0.6) is 0 Å². The largest absolute Gasteiger partial charge is 0.378 e. The van der Waals surface area contributed by atoms with Crippen molar-refractivity contribution in [2.75, 3.05) is 37.0 Å². The van der Waals surface area contributed by atoms with Gasteiger partial charge in [0.1, 0.15) is 5.82 Å². The molecule has 1 fully saturated rings. The summed E-state index contributed by atoms with van der Waals surface area (Å²) in [5, 5.41) is 3.31. The molecule has 19 heavy (non-hydrogen) atoms. The van der Waals surface area contributed by atoms with Crippen molar-refractivity contribution in [2.24, 2.45) is 0 Å². The van der Waals surface area contributed by atoms with Crippen LogP contribution in [0, 0.1) is 3.57 Å². The molecule has 1 aromatic rings. The number of halogens is 1. The first-order chi connectivity index (χ1) is 9.26. The standard InChI is InChI=1S/C13H21IN4O/c1-3-15-12-11(14)10(9-19-2)16-13(17-12)18-7-5-4-6-8-18/h3-9H2,1-2H3,(H,15,16,17). The molecule has 5 nitrogen and oxygen atoms in total. The van der Waals surface area contributed by atoms with Gasteiger partial charge in [0.2, 0.25) is 5.95 Å². The molecule has 0 amide bonds. The maximum Gasteiger partial charge on any atom is 0.227 e. The third-order valence-electron chi connectivity index (χ3n) is 3.17. The number of aromatic nitrogens is 2. The summed E-state index contributed by atoms with van der Waals surface area (Å²) >= 11 is 2.29. The van der Waals surface area contributed by atoms with Gasteiger partial charge in [-0.1, -0.05) is 0 Å². The second kappa shape index (κ2) is 7.23. The third kappa shape index (κ3) is 3.68. The van der Waals surface area contributed by atoms with E-state index in [4.69, 9.17) is 4.74 Å². The van der Waals surface area contributed by atoms with Crippen LogP contribution < -0.4 is 10.2 Å².